The van der Waals surface area contributed by atoms with E-state index in [0.717, 1.165) is 22.6 Å². The molecule has 4 aromatic rings. The molecular formula is C21H19ClN8O. The number of hydrogen-bond acceptors (Lipinski definition) is 6. The Bertz CT molecular complexity index is 1330. The van der Waals surface area contributed by atoms with Crippen LogP contribution in [0.15, 0.2) is 68.7 Å². The molecule has 0 aliphatic carbocycles. The Balaban J connectivity index is 1.54. The Kier molecular flexibility index (Phi) is 5.59. The molecule has 156 valence electrons. The van der Waals surface area contributed by atoms with Crippen molar-refractivity contribution in [3.63, 3.8) is 0 Å². The molecule has 0 aliphatic rings. The summed E-state index contributed by atoms with van der Waals surface area (Å²) in [5.41, 5.74) is 4.08. The van der Waals surface area contributed by atoms with Crippen molar-refractivity contribution < 1.29 is 0 Å². The van der Waals surface area contributed by atoms with Crippen molar-refractivity contribution in [2.75, 3.05) is 0 Å². The van der Waals surface area contributed by atoms with E-state index in [9.17, 15) is 4.79 Å². The van der Waals surface area contributed by atoms with Crippen molar-refractivity contribution in [2.24, 2.45) is 15.3 Å². The Morgan fingerprint density at radius 1 is 1.06 bits per heavy atom. The third-order valence-electron chi connectivity index (χ3n) is 4.54. The topological polar surface area (TPSA) is 106 Å². The molecule has 31 heavy (non-hydrogen) atoms. The van der Waals surface area contributed by atoms with E-state index in [-0.39, 0.29) is 5.69 Å². The van der Waals surface area contributed by atoms with Gasteiger partial charge in [0.2, 0.25) is 0 Å². The first kappa shape index (κ1) is 20.4. The number of hydrogen-bond donors (Lipinski definition) is 1. The van der Waals surface area contributed by atoms with Gasteiger partial charge in [0.25, 0.3) is 0 Å². The first-order valence-corrected chi connectivity index (χ1v) is 9.82. The van der Waals surface area contributed by atoms with Gasteiger partial charge in [-0.15, -0.1) is 10.2 Å². The Labute approximate surface area is 182 Å². The number of azo groups is 1. The van der Waals surface area contributed by atoms with Crippen molar-refractivity contribution in [2.45, 2.75) is 20.8 Å². The van der Waals surface area contributed by atoms with E-state index in [1.807, 2.05) is 38.1 Å². The molecule has 0 atom stereocenters. The molecule has 1 N–H and O–H groups in total. The lowest BCUT2D eigenvalue weighted by atomic mass is 10.2. The van der Waals surface area contributed by atoms with Crippen LogP contribution in [0.3, 0.4) is 0 Å². The highest BCUT2D eigenvalue weighted by Gasteiger charge is 2.11. The van der Waals surface area contributed by atoms with Gasteiger partial charge in [-0.1, -0.05) is 29.8 Å². The zero-order chi connectivity index (χ0) is 22.0. The van der Waals surface area contributed by atoms with Crippen LogP contribution in [-0.2, 0) is 0 Å². The Morgan fingerprint density at radius 3 is 2.52 bits per heavy atom. The van der Waals surface area contributed by atoms with Crippen LogP contribution in [0.2, 0.25) is 5.02 Å². The van der Waals surface area contributed by atoms with Gasteiger partial charge in [-0.25, -0.2) is 4.79 Å². The average molecular weight is 435 g/mol. The molecule has 9 nitrogen and oxygen atoms in total. The number of aromatic amines is 1. The molecule has 4 rings (SSSR count). The number of halogens is 1. The highest BCUT2D eigenvalue weighted by atomic mass is 35.5. The SMILES string of the molecule is Cc1n[nH]c(C)c1N=Nc1ccc(/C=N/n2c(C)nn(-c3cccc(Cl)c3)c2=O)cc1. The second-order valence-electron chi connectivity index (χ2n) is 6.85. The normalized spacial score (nSPS) is 11.7. The first-order valence-electron chi connectivity index (χ1n) is 9.45. The summed E-state index contributed by atoms with van der Waals surface area (Å²) in [6.45, 7) is 5.48. The summed E-state index contributed by atoms with van der Waals surface area (Å²) in [4.78, 5) is 12.7. The largest absolute Gasteiger partial charge is 0.371 e. The van der Waals surface area contributed by atoms with Crippen LogP contribution in [0, 0.1) is 20.8 Å². The number of H-pyrrole nitrogens is 1. The van der Waals surface area contributed by atoms with Gasteiger partial charge in [-0.3, -0.25) is 5.10 Å². The van der Waals surface area contributed by atoms with Gasteiger partial charge in [-0.2, -0.15) is 24.7 Å². The van der Waals surface area contributed by atoms with Gasteiger partial charge in [0.1, 0.15) is 5.69 Å². The molecule has 0 aliphatic heterocycles. The van der Waals surface area contributed by atoms with Gasteiger partial charge in [0, 0.05) is 5.02 Å². The molecule has 0 unspecified atom stereocenters. The third kappa shape index (κ3) is 4.36. The van der Waals surface area contributed by atoms with Gasteiger partial charge < -0.3 is 0 Å². The van der Waals surface area contributed by atoms with Gasteiger partial charge >= 0.3 is 5.69 Å². The molecule has 0 amide bonds. The second-order valence-corrected chi connectivity index (χ2v) is 7.29. The smallest absolute Gasteiger partial charge is 0.280 e. The zero-order valence-electron chi connectivity index (χ0n) is 17.1. The lowest BCUT2D eigenvalue weighted by Gasteiger charge is -1.98. The Hall–Kier alpha value is -3.85. The van der Waals surface area contributed by atoms with Crippen LogP contribution in [0.5, 0.6) is 0 Å². The summed E-state index contributed by atoms with van der Waals surface area (Å²) in [5.74, 6) is 0.456. The third-order valence-corrected chi connectivity index (χ3v) is 4.77. The van der Waals surface area contributed by atoms with Crippen LogP contribution in [0.4, 0.5) is 11.4 Å². The molecule has 0 radical (unpaired) electrons. The highest BCUT2D eigenvalue weighted by molar-refractivity contribution is 6.30. The maximum Gasteiger partial charge on any atom is 0.371 e. The highest BCUT2D eigenvalue weighted by Crippen LogP contribution is 2.23. The molecular weight excluding hydrogens is 416 g/mol. The predicted octanol–water partition coefficient (Wildman–Crippen LogP) is 4.63. The number of aromatic nitrogens is 5. The van der Waals surface area contributed by atoms with Crippen LogP contribution >= 0.6 is 11.6 Å². The van der Waals surface area contributed by atoms with Crippen molar-refractivity contribution in [1.29, 1.82) is 0 Å². The zero-order valence-corrected chi connectivity index (χ0v) is 17.9. The summed E-state index contributed by atoms with van der Waals surface area (Å²) >= 11 is 6.02. The molecule has 2 aromatic heterocycles. The molecule has 0 bridgehead atoms. The molecule has 0 saturated heterocycles. The second kappa shape index (κ2) is 8.49. The van der Waals surface area contributed by atoms with E-state index in [4.69, 9.17) is 11.6 Å². The lowest BCUT2D eigenvalue weighted by molar-refractivity contribution is 0.778. The van der Waals surface area contributed by atoms with Crippen LogP contribution in [0.25, 0.3) is 5.69 Å². The van der Waals surface area contributed by atoms with E-state index in [1.165, 1.54) is 9.36 Å². The molecule has 0 fully saturated rings. The van der Waals surface area contributed by atoms with E-state index >= 15 is 0 Å². The molecule has 0 saturated carbocycles. The molecule has 10 heteroatoms. The number of benzene rings is 2. The Morgan fingerprint density at radius 2 is 1.84 bits per heavy atom. The van der Waals surface area contributed by atoms with Gasteiger partial charge in [0.05, 0.1) is 29.0 Å². The number of nitrogens with one attached hydrogen (secondary N) is 1. The number of aryl methyl sites for hydroxylation is 3. The fraction of sp³-hybridized carbons (Fsp3) is 0.143. The van der Waals surface area contributed by atoms with Gasteiger partial charge in [-0.05, 0) is 56.7 Å². The fourth-order valence-electron chi connectivity index (χ4n) is 2.92. The van der Waals surface area contributed by atoms with Crippen molar-refractivity contribution >= 4 is 29.2 Å². The van der Waals surface area contributed by atoms with Crippen molar-refractivity contribution in [3.05, 3.63) is 86.8 Å². The lowest BCUT2D eigenvalue weighted by Crippen LogP contribution is -2.21. The molecule has 2 aromatic carbocycles. The van der Waals surface area contributed by atoms with Crippen LogP contribution < -0.4 is 5.69 Å². The average Bonchev–Trinajstić information content (AvgIpc) is 3.23. The predicted molar refractivity (Wildman–Crippen MR) is 119 cm³/mol. The van der Waals surface area contributed by atoms with Gasteiger partial charge in [0.15, 0.2) is 5.82 Å². The summed E-state index contributed by atoms with van der Waals surface area (Å²) in [7, 11) is 0. The number of nitrogens with zero attached hydrogens (tertiary/aromatic N) is 7. The van der Waals surface area contributed by atoms with Crippen molar-refractivity contribution in [1.82, 2.24) is 24.7 Å². The minimum absolute atomic E-state index is 0.382. The van der Waals surface area contributed by atoms with E-state index in [0.29, 0.717) is 22.2 Å². The number of rotatable bonds is 5. The maximum absolute atomic E-state index is 12.7. The van der Waals surface area contributed by atoms with Crippen molar-refractivity contribution in [3.8, 4) is 5.69 Å². The van der Waals surface area contributed by atoms with E-state index < -0.39 is 0 Å². The quantitative estimate of drug-likeness (QED) is 0.365. The standard InChI is InChI=1S/C21H19ClN8O/c1-13-20(14(2)25-24-13)27-26-18-9-7-16(8-10-18)12-23-29-15(3)28-30(21(29)31)19-6-4-5-17(22)11-19/h4-12H,1-3H3,(H,24,25)/b23-12+,27-26?. The van der Waals surface area contributed by atoms with E-state index in [2.05, 4.69) is 30.6 Å². The van der Waals surface area contributed by atoms with Crippen LogP contribution in [-0.4, -0.2) is 30.9 Å². The fourth-order valence-corrected chi connectivity index (χ4v) is 3.10. The van der Waals surface area contributed by atoms with Crippen LogP contribution in [0.1, 0.15) is 22.8 Å². The molecule has 2 heterocycles. The summed E-state index contributed by atoms with van der Waals surface area (Å²) in [5, 5.41) is 24.5. The molecule has 0 spiro atoms. The monoisotopic (exact) mass is 434 g/mol. The maximum atomic E-state index is 12.7. The summed E-state index contributed by atoms with van der Waals surface area (Å²) < 4.78 is 2.50. The minimum atomic E-state index is -0.382. The summed E-state index contributed by atoms with van der Waals surface area (Å²) in [6, 6.07) is 14.2. The minimum Gasteiger partial charge on any atom is -0.280 e. The summed E-state index contributed by atoms with van der Waals surface area (Å²) in [6.07, 6.45) is 1.59. The first-order chi connectivity index (χ1) is 14.9. The van der Waals surface area contributed by atoms with E-state index in [1.54, 1.807) is 37.4 Å².